The standard InChI is InChI=1S/C15H28N2O/c1-15(2,9-10-18-3)12-17-14-8-6-4-5-7-13(14)11-16/h13-14,17H,4-10,12H2,1-3H3. The molecule has 0 heterocycles. The Balaban J connectivity index is 2.42. The van der Waals surface area contributed by atoms with Gasteiger partial charge in [0.25, 0.3) is 0 Å². The summed E-state index contributed by atoms with van der Waals surface area (Å²) in [5, 5.41) is 12.9. The van der Waals surface area contributed by atoms with Crippen LogP contribution in [0.3, 0.4) is 0 Å². The highest BCUT2D eigenvalue weighted by atomic mass is 16.5. The normalized spacial score (nSPS) is 25.4. The van der Waals surface area contributed by atoms with Crippen molar-refractivity contribution < 1.29 is 4.74 Å². The van der Waals surface area contributed by atoms with Gasteiger partial charge in [-0.05, 0) is 24.7 Å². The molecule has 18 heavy (non-hydrogen) atoms. The van der Waals surface area contributed by atoms with Gasteiger partial charge in [0.2, 0.25) is 0 Å². The van der Waals surface area contributed by atoms with Crippen molar-refractivity contribution in [2.45, 2.75) is 58.4 Å². The molecule has 0 spiro atoms. The first kappa shape index (κ1) is 15.5. The third-order valence-corrected chi connectivity index (χ3v) is 4.01. The lowest BCUT2D eigenvalue weighted by Crippen LogP contribution is -2.41. The van der Waals surface area contributed by atoms with E-state index in [1.165, 1.54) is 19.3 Å². The van der Waals surface area contributed by atoms with Gasteiger partial charge < -0.3 is 10.1 Å². The maximum atomic E-state index is 9.25. The Hall–Kier alpha value is -0.590. The van der Waals surface area contributed by atoms with Crippen LogP contribution in [-0.4, -0.2) is 26.3 Å². The average molecular weight is 252 g/mol. The second-order valence-corrected chi connectivity index (χ2v) is 6.27. The summed E-state index contributed by atoms with van der Waals surface area (Å²) in [6.45, 7) is 6.30. The number of ether oxygens (including phenoxy) is 1. The molecule has 3 nitrogen and oxygen atoms in total. The summed E-state index contributed by atoms with van der Waals surface area (Å²) in [7, 11) is 1.75. The molecule has 3 heteroatoms. The largest absolute Gasteiger partial charge is 0.385 e. The van der Waals surface area contributed by atoms with Gasteiger partial charge in [0.05, 0.1) is 12.0 Å². The summed E-state index contributed by atoms with van der Waals surface area (Å²) in [5.74, 6) is 0.200. The third kappa shape index (κ3) is 5.37. The molecule has 0 amide bonds. The van der Waals surface area contributed by atoms with Crippen LogP contribution in [0.15, 0.2) is 0 Å². The molecule has 0 aliphatic heterocycles. The molecule has 0 bridgehead atoms. The summed E-state index contributed by atoms with van der Waals surface area (Å²) in [5.41, 5.74) is 0.238. The van der Waals surface area contributed by atoms with Gasteiger partial charge >= 0.3 is 0 Å². The molecule has 1 N–H and O–H groups in total. The van der Waals surface area contributed by atoms with E-state index in [9.17, 15) is 5.26 Å². The summed E-state index contributed by atoms with van der Waals surface area (Å²) >= 11 is 0. The predicted octanol–water partition coefficient (Wildman–Crippen LogP) is 3.11. The van der Waals surface area contributed by atoms with Crippen LogP contribution < -0.4 is 5.32 Å². The fourth-order valence-electron chi connectivity index (χ4n) is 2.58. The Morgan fingerprint density at radius 2 is 2.00 bits per heavy atom. The summed E-state index contributed by atoms with van der Waals surface area (Å²) < 4.78 is 5.15. The van der Waals surface area contributed by atoms with Gasteiger partial charge in [-0.15, -0.1) is 0 Å². The number of hydrogen-bond donors (Lipinski definition) is 1. The van der Waals surface area contributed by atoms with Gasteiger partial charge in [-0.3, -0.25) is 0 Å². The van der Waals surface area contributed by atoms with Crippen LogP contribution in [0, 0.1) is 22.7 Å². The van der Waals surface area contributed by atoms with Crippen LogP contribution in [0.25, 0.3) is 0 Å². The smallest absolute Gasteiger partial charge is 0.0672 e. The Morgan fingerprint density at radius 1 is 1.28 bits per heavy atom. The molecule has 1 saturated carbocycles. The Kier molecular flexibility index (Phi) is 6.67. The molecular formula is C15H28N2O. The number of nitrogens with zero attached hydrogens (tertiary/aromatic N) is 1. The van der Waals surface area contributed by atoms with E-state index in [0.717, 1.165) is 32.4 Å². The Labute approximate surface area is 112 Å². The average Bonchev–Trinajstić information content (AvgIpc) is 2.59. The van der Waals surface area contributed by atoms with E-state index >= 15 is 0 Å². The fourth-order valence-corrected chi connectivity index (χ4v) is 2.58. The monoisotopic (exact) mass is 252 g/mol. The molecule has 104 valence electrons. The summed E-state index contributed by atoms with van der Waals surface area (Å²) in [4.78, 5) is 0. The Morgan fingerprint density at radius 3 is 2.67 bits per heavy atom. The molecule has 0 aromatic heterocycles. The molecule has 1 aliphatic carbocycles. The van der Waals surface area contributed by atoms with Crippen molar-refractivity contribution in [3.63, 3.8) is 0 Å². The lowest BCUT2D eigenvalue weighted by Gasteiger charge is -2.29. The van der Waals surface area contributed by atoms with E-state index < -0.39 is 0 Å². The molecule has 0 aromatic rings. The second-order valence-electron chi connectivity index (χ2n) is 6.27. The molecule has 1 rings (SSSR count). The first-order valence-electron chi connectivity index (χ1n) is 7.21. The zero-order valence-electron chi connectivity index (χ0n) is 12.2. The number of nitriles is 1. The Bertz CT molecular complexity index is 270. The van der Waals surface area contributed by atoms with E-state index in [1.54, 1.807) is 7.11 Å². The predicted molar refractivity (Wildman–Crippen MR) is 74.3 cm³/mol. The highest BCUT2D eigenvalue weighted by Crippen LogP contribution is 2.25. The van der Waals surface area contributed by atoms with E-state index in [0.29, 0.717) is 6.04 Å². The zero-order chi connectivity index (χ0) is 13.4. The topological polar surface area (TPSA) is 45.0 Å². The van der Waals surface area contributed by atoms with E-state index in [1.807, 2.05) is 0 Å². The van der Waals surface area contributed by atoms with Crippen molar-refractivity contribution in [3.8, 4) is 6.07 Å². The quantitative estimate of drug-likeness (QED) is 0.739. The van der Waals surface area contributed by atoms with Gasteiger partial charge in [-0.2, -0.15) is 5.26 Å². The van der Waals surface area contributed by atoms with Crippen LogP contribution in [0.4, 0.5) is 0 Å². The van der Waals surface area contributed by atoms with Crippen LogP contribution in [0.5, 0.6) is 0 Å². The number of rotatable bonds is 6. The van der Waals surface area contributed by atoms with Gasteiger partial charge in [0.15, 0.2) is 0 Å². The van der Waals surface area contributed by atoms with Crippen molar-refractivity contribution >= 4 is 0 Å². The van der Waals surface area contributed by atoms with Gasteiger partial charge in [0.1, 0.15) is 0 Å². The highest BCUT2D eigenvalue weighted by molar-refractivity contribution is 4.94. The molecule has 2 unspecified atom stereocenters. The minimum absolute atomic E-state index is 0.200. The van der Waals surface area contributed by atoms with E-state index in [4.69, 9.17) is 4.74 Å². The van der Waals surface area contributed by atoms with Crippen LogP contribution in [0.1, 0.15) is 52.4 Å². The first-order valence-corrected chi connectivity index (χ1v) is 7.21. The molecule has 0 saturated heterocycles. The highest BCUT2D eigenvalue weighted by Gasteiger charge is 2.25. The lowest BCUT2D eigenvalue weighted by molar-refractivity contribution is 0.147. The van der Waals surface area contributed by atoms with E-state index in [2.05, 4.69) is 25.2 Å². The van der Waals surface area contributed by atoms with Crippen molar-refractivity contribution in [3.05, 3.63) is 0 Å². The second kappa shape index (κ2) is 7.76. The van der Waals surface area contributed by atoms with Crippen molar-refractivity contribution in [2.75, 3.05) is 20.3 Å². The van der Waals surface area contributed by atoms with Gasteiger partial charge in [-0.25, -0.2) is 0 Å². The number of hydrogen-bond acceptors (Lipinski definition) is 3. The minimum Gasteiger partial charge on any atom is -0.385 e. The van der Waals surface area contributed by atoms with Crippen molar-refractivity contribution in [1.29, 1.82) is 5.26 Å². The SMILES string of the molecule is COCCC(C)(C)CNC1CCCCCC1C#N. The van der Waals surface area contributed by atoms with Gasteiger partial charge in [-0.1, -0.05) is 33.1 Å². The van der Waals surface area contributed by atoms with Crippen LogP contribution in [-0.2, 0) is 4.74 Å². The third-order valence-electron chi connectivity index (χ3n) is 4.01. The van der Waals surface area contributed by atoms with Crippen LogP contribution >= 0.6 is 0 Å². The molecular weight excluding hydrogens is 224 g/mol. The van der Waals surface area contributed by atoms with Crippen LogP contribution in [0.2, 0.25) is 0 Å². The molecule has 0 aromatic carbocycles. The summed E-state index contributed by atoms with van der Waals surface area (Å²) in [6, 6.07) is 2.87. The molecule has 2 atom stereocenters. The fraction of sp³-hybridized carbons (Fsp3) is 0.933. The maximum Gasteiger partial charge on any atom is 0.0672 e. The van der Waals surface area contributed by atoms with Crippen molar-refractivity contribution in [1.82, 2.24) is 5.32 Å². The molecule has 1 aliphatic rings. The number of methoxy groups -OCH3 is 1. The first-order chi connectivity index (χ1) is 8.59. The van der Waals surface area contributed by atoms with Gasteiger partial charge in [0, 0.05) is 26.3 Å². The van der Waals surface area contributed by atoms with E-state index in [-0.39, 0.29) is 11.3 Å². The minimum atomic E-state index is 0.200. The number of nitrogens with one attached hydrogen (secondary N) is 1. The lowest BCUT2D eigenvalue weighted by atomic mass is 9.88. The summed E-state index contributed by atoms with van der Waals surface area (Å²) in [6.07, 6.45) is 7.02. The van der Waals surface area contributed by atoms with Crippen molar-refractivity contribution in [2.24, 2.45) is 11.3 Å². The maximum absolute atomic E-state index is 9.25. The molecule has 1 fully saturated rings. The zero-order valence-corrected chi connectivity index (χ0v) is 12.2. The molecule has 0 radical (unpaired) electrons.